The first-order valence-corrected chi connectivity index (χ1v) is 6.23. The molecule has 19 heavy (non-hydrogen) atoms. The van der Waals surface area contributed by atoms with Crippen molar-refractivity contribution in [3.63, 3.8) is 0 Å². The van der Waals surface area contributed by atoms with Crippen LogP contribution in [0.4, 0.5) is 4.39 Å². The van der Waals surface area contributed by atoms with E-state index in [1.54, 1.807) is 19.1 Å². The van der Waals surface area contributed by atoms with E-state index in [0.29, 0.717) is 16.0 Å². The van der Waals surface area contributed by atoms with Crippen LogP contribution in [0.15, 0.2) is 40.9 Å². The van der Waals surface area contributed by atoms with E-state index in [0.717, 1.165) is 5.56 Å². The van der Waals surface area contributed by atoms with Crippen LogP contribution in [-0.4, -0.2) is 11.1 Å². The zero-order chi connectivity index (χ0) is 14.0. The van der Waals surface area contributed by atoms with Gasteiger partial charge in [-0.1, -0.05) is 22.0 Å². The summed E-state index contributed by atoms with van der Waals surface area (Å²) >= 11 is 3.21. The molecule has 0 heterocycles. The van der Waals surface area contributed by atoms with Crippen molar-refractivity contribution in [2.24, 2.45) is 0 Å². The minimum atomic E-state index is -1.05. The molecule has 5 heteroatoms. The molecule has 1 N–H and O–H groups in total. The fourth-order valence-corrected chi connectivity index (χ4v) is 2.03. The van der Waals surface area contributed by atoms with Crippen molar-refractivity contribution in [3.8, 4) is 11.5 Å². The van der Waals surface area contributed by atoms with E-state index >= 15 is 0 Å². The Labute approximate surface area is 117 Å². The summed E-state index contributed by atoms with van der Waals surface area (Å²) < 4.78 is 19.3. The molecule has 98 valence electrons. The van der Waals surface area contributed by atoms with Gasteiger partial charge in [0.25, 0.3) is 0 Å². The van der Waals surface area contributed by atoms with Crippen LogP contribution >= 0.6 is 15.9 Å². The maximum absolute atomic E-state index is 13.2. The van der Waals surface area contributed by atoms with E-state index < -0.39 is 11.8 Å². The summed E-state index contributed by atoms with van der Waals surface area (Å²) in [6.45, 7) is 1.78. The highest BCUT2D eigenvalue weighted by Gasteiger charge is 2.09. The zero-order valence-electron chi connectivity index (χ0n) is 9.98. The van der Waals surface area contributed by atoms with Gasteiger partial charge in [0, 0.05) is 10.5 Å². The molecule has 0 fully saturated rings. The first-order valence-electron chi connectivity index (χ1n) is 5.43. The van der Waals surface area contributed by atoms with Crippen molar-refractivity contribution in [1.82, 2.24) is 0 Å². The maximum atomic E-state index is 13.2. The van der Waals surface area contributed by atoms with Crippen molar-refractivity contribution in [2.45, 2.75) is 6.92 Å². The average molecular weight is 325 g/mol. The number of carboxylic acids is 1. The summed E-state index contributed by atoms with van der Waals surface area (Å²) in [7, 11) is 0. The van der Waals surface area contributed by atoms with Crippen LogP contribution in [0, 0.1) is 12.7 Å². The molecule has 0 aliphatic heterocycles. The second-order valence-corrected chi connectivity index (χ2v) is 4.91. The third kappa shape index (κ3) is 3.32. The van der Waals surface area contributed by atoms with Crippen LogP contribution in [0.2, 0.25) is 0 Å². The van der Waals surface area contributed by atoms with Gasteiger partial charge < -0.3 is 9.84 Å². The smallest absolute Gasteiger partial charge is 0.335 e. The first kappa shape index (κ1) is 13.5. The second-order valence-electron chi connectivity index (χ2n) is 3.99. The lowest BCUT2D eigenvalue weighted by molar-refractivity contribution is 0.0696. The van der Waals surface area contributed by atoms with Gasteiger partial charge in [-0.2, -0.15) is 0 Å². The lowest BCUT2D eigenvalue weighted by Crippen LogP contribution is -1.97. The molecule has 2 aromatic rings. The molecule has 0 unspecified atom stereocenters. The number of aromatic carboxylic acids is 1. The fourth-order valence-electron chi connectivity index (χ4n) is 1.56. The van der Waals surface area contributed by atoms with Crippen LogP contribution in [0.3, 0.4) is 0 Å². The number of ether oxygens (including phenoxy) is 1. The van der Waals surface area contributed by atoms with E-state index in [-0.39, 0.29) is 5.56 Å². The van der Waals surface area contributed by atoms with Crippen LogP contribution in [0.5, 0.6) is 11.5 Å². The summed E-state index contributed by atoms with van der Waals surface area (Å²) in [6.07, 6.45) is 0. The maximum Gasteiger partial charge on any atom is 0.335 e. The van der Waals surface area contributed by atoms with Crippen molar-refractivity contribution < 1.29 is 19.0 Å². The quantitative estimate of drug-likeness (QED) is 0.910. The monoisotopic (exact) mass is 324 g/mol. The van der Waals surface area contributed by atoms with Gasteiger partial charge in [0.05, 0.1) is 5.56 Å². The molecule has 0 aliphatic rings. The van der Waals surface area contributed by atoms with Crippen molar-refractivity contribution >= 4 is 21.9 Å². The normalized spacial score (nSPS) is 10.3. The minimum Gasteiger partial charge on any atom is -0.478 e. The molecule has 2 rings (SSSR count). The molecular weight excluding hydrogens is 315 g/mol. The van der Waals surface area contributed by atoms with Crippen LogP contribution in [0.25, 0.3) is 0 Å². The molecule has 0 spiro atoms. The number of hydrogen-bond donors (Lipinski definition) is 1. The second kappa shape index (κ2) is 5.40. The predicted octanol–water partition coefficient (Wildman–Crippen LogP) is 4.39. The van der Waals surface area contributed by atoms with E-state index in [9.17, 15) is 9.18 Å². The minimum absolute atomic E-state index is 0.0958. The highest BCUT2D eigenvalue weighted by molar-refractivity contribution is 9.10. The van der Waals surface area contributed by atoms with Gasteiger partial charge in [-0.05, 0) is 36.8 Å². The Kier molecular flexibility index (Phi) is 3.85. The Balaban J connectivity index is 2.38. The number of benzene rings is 2. The Morgan fingerprint density at radius 3 is 2.68 bits per heavy atom. The van der Waals surface area contributed by atoms with E-state index in [1.165, 1.54) is 24.3 Å². The zero-order valence-corrected chi connectivity index (χ0v) is 11.6. The predicted molar refractivity (Wildman–Crippen MR) is 72.3 cm³/mol. The molecule has 0 bridgehead atoms. The summed E-state index contributed by atoms with van der Waals surface area (Å²) in [6, 6.07) is 8.67. The first-order chi connectivity index (χ1) is 8.95. The van der Waals surface area contributed by atoms with Crippen LogP contribution in [-0.2, 0) is 0 Å². The van der Waals surface area contributed by atoms with E-state index in [1.807, 2.05) is 0 Å². The van der Waals surface area contributed by atoms with E-state index in [4.69, 9.17) is 9.84 Å². The Bertz CT molecular complexity index is 641. The van der Waals surface area contributed by atoms with Gasteiger partial charge in [0.1, 0.15) is 17.3 Å². The van der Waals surface area contributed by atoms with Gasteiger partial charge in [-0.25, -0.2) is 9.18 Å². The van der Waals surface area contributed by atoms with Gasteiger partial charge in [0.2, 0.25) is 0 Å². The molecule has 0 radical (unpaired) electrons. The topological polar surface area (TPSA) is 46.5 Å². The summed E-state index contributed by atoms with van der Waals surface area (Å²) in [4.78, 5) is 10.9. The number of halogens is 2. The summed E-state index contributed by atoms with van der Waals surface area (Å²) in [5, 5.41) is 8.96. The standard InChI is InChI=1S/C14H10BrFO3/c1-8-2-3-11(16)7-13(8)19-12-5-9(14(17)18)4-10(15)6-12/h2-7H,1H3,(H,17,18). The van der Waals surface area contributed by atoms with Crippen LogP contribution in [0.1, 0.15) is 15.9 Å². The highest BCUT2D eigenvalue weighted by Crippen LogP contribution is 2.29. The largest absolute Gasteiger partial charge is 0.478 e. The van der Waals surface area contributed by atoms with Crippen LogP contribution < -0.4 is 4.74 Å². The SMILES string of the molecule is Cc1ccc(F)cc1Oc1cc(Br)cc(C(=O)O)c1. The summed E-state index contributed by atoms with van der Waals surface area (Å²) in [5.41, 5.74) is 0.858. The van der Waals surface area contributed by atoms with Crippen molar-refractivity contribution in [3.05, 3.63) is 57.8 Å². The molecule has 0 saturated heterocycles. The lowest BCUT2D eigenvalue weighted by Gasteiger charge is -2.10. The fraction of sp³-hybridized carbons (Fsp3) is 0.0714. The number of carbonyl (C=O) groups is 1. The average Bonchev–Trinajstić information content (AvgIpc) is 2.33. The number of aryl methyl sites for hydroxylation is 1. The van der Waals surface area contributed by atoms with Crippen molar-refractivity contribution in [2.75, 3.05) is 0 Å². The molecule has 2 aromatic carbocycles. The molecule has 0 atom stereocenters. The number of rotatable bonds is 3. The number of hydrogen-bond acceptors (Lipinski definition) is 2. The van der Waals surface area contributed by atoms with E-state index in [2.05, 4.69) is 15.9 Å². The lowest BCUT2D eigenvalue weighted by atomic mass is 10.2. The molecule has 0 saturated carbocycles. The van der Waals surface area contributed by atoms with Gasteiger partial charge in [-0.3, -0.25) is 0 Å². The van der Waals surface area contributed by atoms with Gasteiger partial charge in [0.15, 0.2) is 0 Å². The van der Waals surface area contributed by atoms with Gasteiger partial charge >= 0.3 is 5.97 Å². The number of carboxylic acid groups (broad SMARTS) is 1. The molecule has 3 nitrogen and oxygen atoms in total. The van der Waals surface area contributed by atoms with Gasteiger partial charge in [-0.15, -0.1) is 0 Å². The molecule has 0 aliphatic carbocycles. The Morgan fingerprint density at radius 1 is 1.26 bits per heavy atom. The third-order valence-electron chi connectivity index (χ3n) is 2.50. The highest BCUT2D eigenvalue weighted by atomic mass is 79.9. The Morgan fingerprint density at radius 2 is 2.00 bits per heavy atom. The van der Waals surface area contributed by atoms with Crippen molar-refractivity contribution in [1.29, 1.82) is 0 Å². The molecule has 0 amide bonds. The summed E-state index contributed by atoms with van der Waals surface area (Å²) in [5.74, 6) is -0.772. The molecule has 0 aromatic heterocycles. The third-order valence-corrected chi connectivity index (χ3v) is 2.95. The molecular formula is C14H10BrFO3. The Hall–Kier alpha value is -1.88.